The first kappa shape index (κ1) is 19.3. The molecule has 1 amide bonds. The van der Waals surface area contributed by atoms with Crippen molar-refractivity contribution in [3.8, 4) is 11.5 Å². The first-order chi connectivity index (χ1) is 13.0. The second-order valence-electron chi connectivity index (χ2n) is 6.05. The molecule has 8 heteroatoms. The van der Waals surface area contributed by atoms with Crippen molar-refractivity contribution in [3.63, 3.8) is 0 Å². The Bertz CT molecular complexity index is 862. The average Bonchev–Trinajstić information content (AvgIpc) is 3.12. The largest absolute Gasteiger partial charge is 0.493 e. The number of nitrogens with zero attached hydrogens (tertiary/aromatic N) is 1. The minimum absolute atomic E-state index is 0.0343. The first-order valence-electron chi connectivity index (χ1n) is 8.36. The molecule has 1 aliphatic rings. The number of amides is 1. The van der Waals surface area contributed by atoms with Crippen LogP contribution < -0.4 is 9.47 Å². The van der Waals surface area contributed by atoms with E-state index in [0.717, 1.165) is 11.1 Å². The molecule has 27 heavy (non-hydrogen) atoms. The summed E-state index contributed by atoms with van der Waals surface area (Å²) in [5.74, 6) is 0.681. The molecule has 2 aromatic rings. The molecule has 2 heterocycles. The first-order valence-corrected chi connectivity index (χ1v) is 9.15. The van der Waals surface area contributed by atoms with Crippen molar-refractivity contribution in [2.45, 2.75) is 18.9 Å². The van der Waals surface area contributed by atoms with Gasteiger partial charge in [0.1, 0.15) is 0 Å². The van der Waals surface area contributed by atoms with E-state index in [1.165, 1.54) is 7.11 Å². The molecule has 1 aromatic carbocycles. The van der Waals surface area contributed by atoms with Gasteiger partial charge < -0.3 is 23.5 Å². The third kappa shape index (κ3) is 3.80. The quantitative estimate of drug-likeness (QED) is 0.667. The summed E-state index contributed by atoms with van der Waals surface area (Å²) in [5.41, 5.74) is 1.84. The van der Waals surface area contributed by atoms with Crippen LogP contribution in [0.3, 0.4) is 0 Å². The van der Waals surface area contributed by atoms with E-state index in [1.54, 1.807) is 31.3 Å². The van der Waals surface area contributed by atoms with Crippen LogP contribution in [0.5, 0.6) is 11.5 Å². The summed E-state index contributed by atoms with van der Waals surface area (Å²) in [6.07, 6.45) is 0.660. The van der Waals surface area contributed by atoms with Gasteiger partial charge in [-0.2, -0.15) is 0 Å². The van der Waals surface area contributed by atoms with Crippen LogP contribution in [-0.4, -0.2) is 44.7 Å². The topological polar surface area (TPSA) is 78.2 Å². The maximum absolute atomic E-state index is 13.0. The predicted molar refractivity (Wildman–Crippen MR) is 100 cm³/mol. The molecule has 1 aliphatic heterocycles. The Kier molecular flexibility index (Phi) is 5.74. The number of carbonyl (C=O) groups is 2. The van der Waals surface area contributed by atoms with Crippen LogP contribution in [-0.2, 0) is 16.0 Å². The minimum Gasteiger partial charge on any atom is -0.493 e. The van der Waals surface area contributed by atoms with Crippen LogP contribution in [0.25, 0.3) is 0 Å². The molecule has 0 saturated carbocycles. The van der Waals surface area contributed by atoms with Crippen LogP contribution in [0, 0.1) is 0 Å². The Morgan fingerprint density at radius 2 is 1.89 bits per heavy atom. The van der Waals surface area contributed by atoms with Gasteiger partial charge in [-0.3, -0.25) is 9.59 Å². The SMILES string of the molecule is COC(=O)CC1c2cc(OC)c(OC)cc2CCN1C(=O)c1ccc(Br)o1. The van der Waals surface area contributed by atoms with E-state index >= 15 is 0 Å². The number of rotatable bonds is 5. The number of esters is 1. The lowest BCUT2D eigenvalue weighted by molar-refractivity contribution is -0.141. The number of furan rings is 1. The van der Waals surface area contributed by atoms with Gasteiger partial charge >= 0.3 is 5.97 Å². The molecule has 7 nitrogen and oxygen atoms in total. The number of hydrogen-bond donors (Lipinski definition) is 0. The van der Waals surface area contributed by atoms with Gasteiger partial charge in [0.15, 0.2) is 21.9 Å². The third-order valence-electron chi connectivity index (χ3n) is 4.64. The molecule has 3 rings (SSSR count). The Labute approximate surface area is 165 Å². The van der Waals surface area contributed by atoms with Gasteiger partial charge in [-0.15, -0.1) is 0 Å². The van der Waals surface area contributed by atoms with E-state index in [2.05, 4.69) is 15.9 Å². The number of hydrogen-bond acceptors (Lipinski definition) is 6. The highest BCUT2D eigenvalue weighted by atomic mass is 79.9. The molecule has 0 fully saturated rings. The van der Waals surface area contributed by atoms with E-state index in [4.69, 9.17) is 18.6 Å². The molecule has 0 saturated heterocycles. The summed E-state index contributed by atoms with van der Waals surface area (Å²) in [7, 11) is 4.45. The summed E-state index contributed by atoms with van der Waals surface area (Å²) >= 11 is 3.21. The number of fused-ring (bicyclic) bond motifs is 1. The molecule has 1 aromatic heterocycles. The molecule has 0 spiro atoms. The van der Waals surface area contributed by atoms with Crippen LogP contribution in [0.15, 0.2) is 33.4 Å². The zero-order valence-corrected chi connectivity index (χ0v) is 16.9. The lowest BCUT2D eigenvalue weighted by atomic mass is 9.89. The molecule has 1 atom stereocenters. The molecule has 0 aliphatic carbocycles. The Morgan fingerprint density at radius 1 is 1.19 bits per heavy atom. The van der Waals surface area contributed by atoms with Crippen molar-refractivity contribution in [2.75, 3.05) is 27.9 Å². The fraction of sp³-hybridized carbons (Fsp3) is 0.368. The number of ether oxygens (including phenoxy) is 3. The van der Waals surface area contributed by atoms with Gasteiger partial charge in [-0.25, -0.2) is 0 Å². The number of halogens is 1. The highest BCUT2D eigenvalue weighted by Crippen LogP contribution is 2.40. The Morgan fingerprint density at radius 3 is 2.48 bits per heavy atom. The van der Waals surface area contributed by atoms with Crippen molar-refractivity contribution in [2.24, 2.45) is 0 Å². The maximum Gasteiger partial charge on any atom is 0.307 e. The number of benzene rings is 1. The molecular weight excluding hydrogens is 418 g/mol. The van der Waals surface area contributed by atoms with Gasteiger partial charge in [0.05, 0.1) is 33.8 Å². The Balaban J connectivity index is 2.03. The van der Waals surface area contributed by atoms with Gasteiger partial charge in [-0.05, 0) is 57.7 Å². The molecule has 144 valence electrons. The second kappa shape index (κ2) is 8.04. The van der Waals surface area contributed by atoms with E-state index < -0.39 is 12.0 Å². The zero-order valence-electron chi connectivity index (χ0n) is 15.3. The van der Waals surface area contributed by atoms with Crippen LogP contribution >= 0.6 is 15.9 Å². The fourth-order valence-corrected chi connectivity index (χ4v) is 3.61. The van der Waals surface area contributed by atoms with Gasteiger partial charge in [0, 0.05) is 6.54 Å². The van der Waals surface area contributed by atoms with E-state index in [0.29, 0.717) is 29.1 Å². The summed E-state index contributed by atoms with van der Waals surface area (Å²) in [6, 6.07) is 6.49. The fourth-order valence-electron chi connectivity index (χ4n) is 3.30. The van der Waals surface area contributed by atoms with Crippen molar-refractivity contribution >= 4 is 27.8 Å². The molecule has 1 unspecified atom stereocenters. The summed E-state index contributed by atoms with van der Waals surface area (Å²) in [6.45, 7) is 0.446. The van der Waals surface area contributed by atoms with Crippen LogP contribution in [0.4, 0.5) is 0 Å². The second-order valence-corrected chi connectivity index (χ2v) is 6.84. The van der Waals surface area contributed by atoms with Crippen LogP contribution in [0.2, 0.25) is 0 Å². The lowest BCUT2D eigenvalue weighted by Gasteiger charge is -2.36. The molecule has 0 bridgehead atoms. The minimum atomic E-state index is -0.489. The van der Waals surface area contributed by atoms with Gasteiger partial charge in [-0.1, -0.05) is 0 Å². The van der Waals surface area contributed by atoms with Crippen molar-refractivity contribution in [1.29, 1.82) is 0 Å². The maximum atomic E-state index is 13.0. The van der Waals surface area contributed by atoms with Gasteiger partial charge in [0.2, 0.25) is 0 Å². The summed E-state index contributed by atoms with van der Waals surface area (Å²) in [4.78, 5) is 26.6. The standard InChI is InChI=1S/C19H20BrNO6/c1-24-15-8-11-6-7-21(19(23)14-4-5-17(20)27-14)13(10-18(22)26-3)12(11)9-16(15)25-2/h4-5,8-9,13H,6-7,10H2,1-3H3. The summed E-state index contributed by atoms with van der Waals surface area (Å²) < 4.78 is 21.5. The molecule has 0 radical (unpaired) electrons. The van der Waals surface area contributed by atoms with E-state index in [9.17, 15) is 9.59 Å². The third-order valence-corrected chi connectivity index (χ3v) is 5.06. The highest BCUT2D eigenvalue weighted by Gasteiger charge is 2.35. The predicted octanol–water partition coefficient (Wildman–Crippen LogP) is 3.36. The Hall–Kier alpha value is -2.48. The smallest absolute Gasteiger partial charge is 0.307 e. The van der Waals surface area contributed by atoms with E-state index in [-0.39, 0.29) is 18.1 Å². The van der Waals surface area contributed by atoms with Crippen molar-refractivity contribution in [3.05, 3.63) is 45.8 Å². The van der Waals surface area contributed by atoms with Crippen molar-refractivity contribution < 1.29 is 28.2 Å². The average molecular weight is 438 g/mol. The van der Waals surface area contributed by atoms with E-state index in [1.807, 2.05) is 12.1 Å². The lowest BCUT2D eigenvalue weighted by Crippen LogP contribution is -2.41. The highest BCUT2D eigenvalue weighted by molar-refractivity contribution is 9.10. The number of carbonyl (C=O) groups excluding carboxylic acids is 2. The molecular formula is C19H20BrNO6. The monoisotopic (exact) mass is 437 g/mol. The number of methoxy groups -OCH3 is 3. The van der Waals surface area contributed by atoms with Gasteiger partial charge in [0.25, 0.3) is 5.91 Å². The van der Waals surface area contributed by atoms with Crippen LogP contribution in [0.1, 0.15) is 34.1 Å². The van der Waals surface area contributed by atoms with Crippen molar-refractivity contribution in [1.82, 2.24) is 4.90 Å². The molecule has 0 N–H and O–H groups in total. The summed E-state index contributed by atoms with van der Waals surface area (Å²) in [5, 5.41) is 0. The zero-order chi connectivity index (χ0) is 19.6. The normalized spacial score (nSPS) is 15.9.